The average Bonchev–Trinajstić information content (AvgIpc) is 2.42. The predicted octanol–water partition coefficient (Wildman–Crippen LogP) is 2.53. The van der Waals surface area contributed by atoms with Gasteiger partial charge in [0, 0.05) is 12.6 Å². The van der Waals surface area contributed by atoms with Crippen molar-refractivity contribution in [3.63, 3.8) is 0 Å². The lowest BCUT2D eigenvalue weighted by atomic mass is 10.1. The van der Waals surface area contributed by atoms with Crippen LogP contribution in [-0.4, -0.2) is 8.42 Å². The van der Waals surface area contributed by atoms with Gasteiger partial charge < -0.3 is 5.73 Å². The normalized spacial score (nSPS) is 11.4. The second-order valence-electron chi connectivity index (χ2n) is 4.53. The van der Waals surface area contributed by atoms with Gasteiger partial charge in [-0.3, -0.25) is 4.72 Å². The molecule has 21 heavy (non-hydrogen) atoms. The number of halogens is 2. The Balaban J connectivity index is 2.33. The summed E-state index contributed by atoms with van der Waals surface area (Å²) in [5.41, 5.74) is 7.05. The summed E-state index contributed by atoms with van der Waals surface area (Å²) in [7, 11) is -3.87. The summed E-state index contributed by atoms with van der Waals surface area (Å²) in [6, 6.07) is 7.30. The Bertz CT molecular complexity index is 777. The van der Waals surface area contributed by atoms with Crippen molar-refractivity contribution in [2.75, 3.05) is 4.72 Å². The molecule has 0 saturated heterocycles. The fraction of sp³-hybridized carbons (Fsp3) is 0.143. The van der Waals surface area contributed by atoms with Gasteiger partial charge in [0.2, 0.25) is 0 Å². The van der Waals surface area contributed by atoms with E-state index >= 15 is 0 Å². The average molecular weight is 312 g/mol. The molecule has 4 nitrogen and oxygen atoms in total. The second-order valence-corrected chi connectivity index (χ2v) is 6.21. The van der Waals surface area contributed by atoms with E-state index in [2.05, 4.69) is 4.72 Å². The molecule has 0 aliphatic carbocycles. The van der Waals surface area contributed by atoms with Gasteiger partial charge in [-0.25, -0.2) is 17.2 Å². The topological polar surface area (TPSA) is 72.2 Å². The van der Waals surface area contributed by atoms with Crippen molar-refractivity contribution in [1.82, 2.24) is 0 Å². The maximum atomic E-state index is 13.1. The quantitative estimate of drug-likeness (QED) is 0.911. The number of hydrogen-bond donors (Lipinski definition) is 2. The van der Waals surface area contributed by atoms with Gasteiger partial charge in [0.25, 0.3) is 10.0 Å². The van der Waals surface area contributed by atoms with Crippen molar-refractivity contribution < 1.29 is 17.2 Å². The number of nitrogens with two attached hydrogens (primary N) is 1. The van der Waals surface area contributed by atoms with Gasteiger partial charge in [-0.05, 0) is 42.3 Å². The molecule has 0 saturated carbocycles. The predicted molar refractivity (Wildman–Crippen MR) is 76.2 cm³/mol. The van der Waals surface area contributed by atoms with E-state index in [1.165, 1.54) is 12.1 Å². The van der Waals surface area contributed by atoms with Crippen LogP contribution >= 0.6 is 0 Å². The van der Waals surface area contributed by atoms with Crippen LogP contribution in [0.1, 0.15) is 11.1 Å². The smallest absolute Gasteiger partial charge is 0.261 e. The van der Waals surface area contributed by atoms with Gasteiger partial charge in [0.15, 0.2) is 11.6 Å². The monoisotopic (exact) mass is 312 g/mol. The van der Waals surface area contributed by atoms with Crippen LogP contribution in [0.15, 0.2) is 41.3 Å². The molecule has 0 aromatic heterocycles. The molecule has 2 aromatic rings. The lowest BCUT2D eigenvalue weighted by molar-refractivity contribution is 0.509. The zero-order valence-corrected chi connectivity index (χ0v) is 12.0. The number of benzene rings is 2. The number of nitrogens with one attached hydrogen (secondary N) is 1. The molecule has 0 amide bonds. The molecule has 2 rings (SSSR count). The molecule has 112 valence electrons. The van der Waals surface area contributed by atoms with E-state index in [1.54, 1.807) is 13.0 Å². The third-order valence-electron chi connectivity index (χ3n) is 3.02. The van der Waals surface area contributed by atoms with Crippen LogP contribution in [0.2, 0.25) is 0 Å². The van der Waals surface area contributed by atoms with E-state index in [-0.39, 0.29) is 10.6 Å². The second kappa shape index (κ2) is 5.79. The maximum Gasteiger partial charge on any atom is 0.261 e. The Morgan fingerprint density at radius 2 is 1.81 bits per heavy atom. The van der Waals surface area contributed by atoms with Gasteiger partial charge in [-0.1, -0.05) is 6.07 Å². The fourth-order valence-electron chi connectivity index (χ4n) is 1.84. The summed E-state index contributed by atoms with van der Waals surface area (Å²) in [6.45, 7) is 2.06. The number of rotatable bonds is 4. The first-order valence-corrected chi connectivity index (χ1v) is 7.59. The Labute approximate surface area is 121 Å². The summed E-state index contributed by atoms with van der Waals surface area (Å²) < 4.78 is 52.5. The van der Waals surface area contributed by atoms with Crippen molar-refractivity contribution in [3.05, 3.63) is 59.2 Å². The zero-order valence-electron chi connectivity index (χ0n) is 11.2. The van der Waals surface area contributed by atoms with Crippen LogP contribution in [0, 0.1) is 18.6 Å². The molecule has 0 heterocycles. The highest BCUT2D eigenvalue weighted by Gasteiger charge is 2.16. The Morgan fingerprint density at radius 1 is 1.10 bits per heavy atom. The first kappa shape index (κ1) is 15.4. The molecule has 0 aliphatic heterocycles. The summed E-state index contributed by atoms with van der Waals surface area (Å²) in [5, 5.41) is 0. The molecule has 0 atom stereocenters. The van der Waals surface area contributed by atoms with Crippen molar-refractivity contribution in [3.8, 4) is 0 Å². The first-order valence-electron chi connectivity index (χ1n) is 6.11. The van der Waals surface area contributed by atoms with E-state index in [1.807, 2.05) is 0 Å². The van der Waals surface area contributed by atoms with Crippen LogP contribution < -0.4 is 10.5 Å². The van der Waals surface area contributed by atoms with Gasteiger partial charge in [0.1, 0.15) is 0 Å². The molecule has 0 fully saturated rings. The third kappa shape index (κ3) is 3.37. The molecule has 0 aliphatic rings. The largest absolute Gasteiger partial charge is 0.326 e. The molecule has 2 aromatic carbocycles. The summed E-state index contributed by atoms with van der Waals surface area (Å²) in [5.74, 6) is -2.16. The zero-order chi connectivity index (χ0) is 15.6. The van der Waals surface area contributed by atoms with E-state index in [0.29, 0.717) is 6.54 Å². The molecular weight excluding hydrogens is 298 g/mol. The minimum Gasteiger partial charge on any atom is -0.326 e. The van der Waals surface area contributed by atoms with Crippen molar-refractivity contribution >= 4 is 15.7 Å². The fourth-order valence-corrected chi connectivity index (χ4v) is 2.97. The minimum atomic E-state index is -3.87. The van der Waals surface area contributed by atoms with E-state index in [4.69, 9.17) is 5.73 Å². The molecule has 0 unspecified atom stereocenters. The molecular formula is C14H14F2N2O2S. The lowest BCUT2D eigenvalue weighted by Gasteiger charge is -2.10. The Morgan fingerprint density at radius 3 is 2.38 bits per heavy atom. The van der Waals surface area contributed by atoms with Gasteiger partial charge in [-0.15, -0.1) is 0 Å². The molecule has 3 N–H and O–H groups in total. The Kier molecular flexibility index (Phi) is 4.24. The highest BCUT2D eigenvalue weighted by atomic mass is 32.2. The van der Waals surface area contributed by atoms with Crippen LogP contribution in [0.4, 0.5) is 14.5 Å². The maximum absolute atomic E-state index is 13.1. The van der Waals surface area contributed by atoms with Gasteiger partial charge >= 0.3 is 0 Å². The van der Waals surface area contributed by atoms with Crippen molar-refractivity contribution in [2.45, 2.75) is 18.4 Å². The highest BCUT2D eigenvalue weighted by Crippen LogP contribution is 2.20. The van der Waals surface area contributed by atoms with E-state index < -0.39 is 21.7 Å². The number of hydrogen-bond acceptors (Lipinski definition) is 3. The van der Waals surface area contributed by atoms with Crippen molar-refractivity contribution in [2.24, 2.45) is 5.73 Å². The number of anilines is 1. The van der Waals surface area contributed by atoms with Crippen LogP contribution in [0.25, 0.3) is 0 Å². The highest BCUT2D eigenvalue weighted by molar-refractivity contribution is 7.92. The lowest BCUT2D eigenvalue weighted by Crippen LogP contribution is -2.14. The standard InChI is InChI=1S/C14H14F2N2O2S/c1-9-6-12(4-2-10(9)8-17)21(19,20)18-11-3-5-13(15)14(16)7-11/h2-7,18H,8,17H2,1H3. The van der Waals surface area contributed by atoms with E-state index in [9.17, 15) is 17.2 Å². The third-order valence-corrected chi connectivity index (χ3v) is 4.40. The first-order chi connectivity index (χ1) is 9.83. The van der Waals surface area contributed by atoms with Crippen LogP contribution in [0.3, 0.4) is 0 Å². The minimum absolute atomic E-state index is 0.0296. The van der Waals surface area contributed by atoms with Crippen LogP contribution in [0.5, 0.6) is 0 Å². The number of sulfonamides is 1. The molecule has 0 radical (unpaired) electrons. The summed E-state index contributed by atoms with van der Waals surface area (Å²) in [6.07, 6.45) is 0. The Hall–Kier alpha value is -1.99. The van der Waals surface area contributed by atoms with Gasteiger partial charge in [0.05, 0.1) is 10.6 Å². The van der Waals surface area contributed by atoms with Crippen molar-refractivity contribution in [1.29, 1.82) is 0 Å². The molecule has 0 spiro atoms. The molecule has 7 heteroatoms. The number of aryl methyl sites for hydroxylation is 1. The summed E-state index contributed by atoms with van der Waals surface area (Å²) >= 11 is 0. The summed E-state index contributed by atoms with van der Waals surface area (Å²) in [4.78, 5) is 0.0296. The van der Waals surface area contributed by atoms with Gasteiger partial charge in [-0.2, -0.15) is 0 Å². The van der Waals surface area contributed by atoms with E-state index in [0.717, 1.165) is 29.3 Å². The SMILES string of the molecule is Cc1cc(S(=O)(=O)Nc2ccc(F)c(F)c2)ccc1CN. The van der Waals surface area contributed by atoms with Crippen LogP contribution in [-0.2, 0) is 16.6 Å². The molecule has 0 bridgehead atoms.